The van der Waals surface area contributed by atoms with Gasteiger partial charge in [0.1, 0.15) is 5.75 Å². The van der Waals surface area contributed by atoms with Crippen LogP contribution in [0.1, 0.15) is 15.9 Å². The average Bonchev–Trinajstić information content (AvgIpc) is 2.83. The minimum atomic E-state index is -4.04. The summed E-state index contributed by atoms with van der Waals surface area (Å²) in [6.45, 7) is 3.67. The van der Waals surface area contributed by atoms with Crippen LogP contribution in [-0.2, 0) is 10.0 Å². The van der Waals surface area contributed by atoms with Crippen molar-refractivity contribution in [2.45, 2.75) is 4.90 Å². The quantitative estimate of drug-likeness (QED) is 0.463. The summed E-state index contributed by atoms with van der Waals surface area (Å²) in [6.07, 6.45) is 1.47. The summed E-state index contributed by atoms with van der Waals surface area (Å²) < 4.78 is 33.2. The Hall–Kier alpha value is -3.80. The van der Waals surface area contributed by atoms with Crippen LogP contribution in [0.15, 0.2) is 84.3 Å². The Labute approximate surface area is 197 Å². The molecule has 0 aromatic heterocycles. The number of nitriles is 1. The van der Waals surface area contributed by atoms with Crippen molar-refractivity contribution in [2.75, 3.05) is 23.3 Å². The van der Waals surface area contributed by atoms with Crippen molar-refractivity contribution in [3.63, 3.8) is 0 Å². The van der Waals surface area contributed by atoms with Gasteiger partial charge in [-0.2, -0.15) is 5.26 Å². The number of nitrogens with zero attached hydrogens (tertiary/aromatic N) is 2. The van der Waals surface area contributed by atoms with Gasteiger partial charge in [0, 0.05) is 5.69 Å². The number of hydrogen-bond acceptors (Lipinski definition) is 5. The van der Waals surface area contributed by atoms with Gasteiger partial charge in [0.05, 0.1) is 46.5 Å². The number of rotatable bonds is 8. The minimum Gasteiger partial charge on any atom is -0.497 e. The molecular weight excluding hydrogens is 462 g/mol. The van der Waals surface area contributed by atoms with Gasteiger partial charge in [-0.1, -0.05) is 17.7 Å². The van der Waals surface area contributed by atoms with Gasteiger partial charge in [0.2, 0.25) is 0 Å². The number of halogens is 1. The summed E-state index contributed by atoms with van der Waals surface area (Å²) in [5.74, 6) is 0.00410. The van der Waals surface area contributed by atoms with E-state index in [1.807, 2.05) is 6.07 Å². The lowest BCUT2D eigenvalue weighted by molar-refractivity contribution is 0.102. The lowest BCUT2D eigenvalue weighted by atomic mass is 10.2. The number of amides is 1. The average molecular weight is 482 g/mol. The van der Waals surface area contributed by atoms with Gasteiger partial charge in [-0.3, -0.25) is 9.10 Å². The molecule has 0 saturated carbocycles. The van der Waals surface area contributed by atoms with Gasteiger partial charge < -0.3 is 10.1 Å². The van der Waals surface area contributed by atoms with Gasteiger partial charge in [0.15, 0.2) is 0 Å². The number of anilines is 2. The van der Waals surface area contributed by atoms with Gasteiger partial charge in [-0.05, 0) is 66.7 Å². The third-order valence-electron chi connectivity index (χ3n) is 4.70. The summed E-state index contributed by atoms with van der Waals surface area (Å²) in [7, 11) is -2.52. The third kappa shape index (κ3) is 5.34. The van der Waals surface area contributed by atoms with Crippen LogP contribution >= 0.6 is 11.6 Å². The molecular formula is C24H20ClN3O4S. The first-order valence-corrected chi connectivity index (χ1v) is 11.5. The second-order valence-corrected chi connectivity index (χ2v) is 9.08. The standard InChI is InChI=1S/C24H20ClN3O4S/c1-3-14-28(19-8-10-20(32-2)11-9-19)33(30,31)21-12-13-23(25)22(15-21)24(29)27-18-6-4-17(16-26)5-7-18/h3-13,15H,1,14H2,2H3,(H,27,29). The molecule has 7 nitrogen and oxygen atoms in total. The molecule has 1 amide bonds. The predicted molar refractivity (Wildman–Crippen MR) is 128 cm³/mol. The monoisotopic (exact) mass is 481 g/mol. The molecule has 168 valence electrons. The Kier molecular flexibility index (Phi) is 7.38. The Morgan fingerprint density at radius 2 is 1.82 bits per heavy atom. The molecule has 0 spiro atoms. The van der Waals surface area contributed by atoms with Crippen molar-refractivity contribution in [1.29, 1.82) is 5.26 Å². The molecule has 0 atom stereocenters. The lowest BCUT2D eigenvalue weighted by Crippen LogP contribution is -2.31. The van der Waals surface area contributed by atoms with E-state index in [2.05, 4.69) is 11.9 Å². The molecule has 0 aliphatic heterocycles. The number of hydrogen-bond donors (Lipinski definition) is 1. The van der Waals surface area contributed by atoms with Crippen LogP contribution in [0, 0.1) is 11.3 Å². The molecule has 33 heavy (non-hydrogen) atoms. The highest BCUT2D eigenvalue weighted by Crippen LogP contribution is 2.28. The zero-order chi connectivity index (χ0) is 24.0. The molecule has 1 N–H and O–H groups in total. The molecule has 0 radical (unpaired) electrons. The highest BCUT2D eigenvalue weighted by atomic mass is 35.5. The number of benzene rings is 3. The van der Waals surface area contributed by atoms with Gasteiger partial charge >= 0.3 is 0 Å². The first kappa shape index (κ1) is 23.9. The smallest absolute Gasteiger partial charge is 0.264 e. The van der Waals surface area contributed by atoms with Crippen LogP contribution in [0.25, 0.3) is 0 Å². The summed E-state index contributed by atoms with van der Waals surface area (Å²) in [5.41, 5.74) is 1.29. The Balaban J connectivity index is 1.95. The molecule has 0 bridgehead atoms. The zero-order valence-electron chi connectivity index (χ0n) is 17.7. The van der Waals surface area contributed by atoms with Crippen LogP contribution < -0.4 is 14.4 Å². The fourth-order valence-electron chi connectivity index (χ4n) is 3.00. The van der Waals surface area contributed by atoms with E-state index in [-0.39, 0.29) is 22.0 Å². The van der Waals surface area contributed by atoms with Crippen LogP contribution in [0.3, 0.4) is 0 Å². The number of carbonyl (C=O) groups excluding carboxylic acids is 1. The van der Waals surface area contributed by atoms with E-state index in [4.69, 9.17) is 21.6 Å². The van der Waals surface area contributed by atoms with E-state index in [1.54, 1.807) is 48.5 Å². The molecule has 0 aliphatic rings. The maximum atomic E-state index is 13.4. The van der Waals surface area contributed by atoms with E-state index in [0.717, 1.165) is 0 Å². The molecule has 3 rings (SSSR count). The summed E-state index contributed by atoms with van der Waals surface area (Å²) in [6, 6.07) is 18.7. The van der Waals surface area contributed by atoms with E-state index in [9.17, 15) is 13.2 Å². The molecule has 3 aromatic carbocycles. The van der Waals surface area contributed by atoms with E-state index < -0.39 is 15.9 Å². The van der Waals surface area contributed by atoms with Crippen molar-refractivity contribution in [3.05, 3.63) is 95.5 Å². The van der Waals surface area contributed by atoms with E-state index in [0.29, 0.717) is 22.7 Å². The number of sulfonamides is 1. The first-order chi connectivity index (χ1) is 15.8. The second kappa shape index (κ2) is 10.2. The summed E-state index contributed by atoms with van der Waals surface area (Å²) >= 11 is 6.20. The maximum Gasteiger partial charge on any atom is 0.264 e. The lowest BCUT2D eigenvalue weighted by Gasteiger charge is -2.23. The SMILES string of the molecule is C=CCN(c1ccc(OC)cc1)S(=O)(=O)c1ccc(Cl)c(C(=O)Nc2ccc(C#N)cc2)c1. The zero-order valence-corrected chi connectivity index (χ0v) is 19.2. The highest BCUT2D eigenvalue weighted by molar-refractivity contribution is 7.92. The molecule has 3 aromatic rings. The largest absolute Gasteiger partial charge is 0.497 e. The van der Waals surface area contributed by atoms with Crippen molar-refractivity contribution >= 4 is 38.9 Å². The van der Waals surface area contributed by atoms with Crippen molar-refractivity contribution in [3.8, 4) is 11.8 Å². The second-order valence-electron chi connectivity index (χ2n) is 6.81. The number of ether oxygens (including phenoxy) is 1. The molecule has 0 unspecified atom stereocenters. The Bertz CT molecular complexity index is 1320. The third-order valence-corrected chi connectivity index (χ3v) is 6.82. The number of methoxy groups -OCH3 is 1. The first-order valence-electron chi connectivity index (χ1n) is 9.69. The molecule has 0 aliphatic carbocycles. The molecule has 9 heteroatoms. The summed E-state index contributed by atoms with van der Waals surface area (Å²) in [5, 5.41) is 11.6. The maximum absolute atomic E-state index is 13.4. The topological polar surface area (TPSA) is 99.5 Å². The predicted octanol–water partition coefficient (Wildman–Crippen LogP) is 4.85. The van der Waals surface area contributed by atoms with Crippen LogP contribution in [0.2, 0.25) is 5.02 Å². The Morgan fingerprint density at radius 3 is 2.39 bits per heavy atom. The van der Waals surface area contributed by atoms with Crippen molar-refractivity contribution in [2.24, 2.45) is 0 Å². The van der Waals surface area contributed by atoms with Crippen molar-refractivity contribution in [1.82, 2.24) is 0 Å². The number of carbonyl (C=O) groups is 1. The molecule has 0 heterocycles. The molecule has 0 fully saturated rings. The van der Waals surface area contributed by atoms with Gasteiger partial charge in [0.25, 0.3) is 15.9 Å². The van der Waals surface area contributed by atoms with Crippen molar-refractivity contribution < 1.29 is 17.9 Å². The minimum absolute atomic E-state index is 0.00427. The van der Waals surface area contributed by atoms with Crippen LogP contribution in [-0.4, -0.2) is 28.0 Å². The van der Waals surface area contributed by atoms with Gasteiger partial charge in [-0.15, -0.1) is 6.58 Å². The Morgan fingerprint density at radius 1 is 1.15 bits per heavy atom. The van der Waals surface area contributed by atoms with E-state index in [1.165, 1.54) is 35.7 Å². The van der Waals surface area contributed by atoms with Crippen LogP contribution in [0.5, 0.6) is 5.75 Å². The van der Waals surface area contributed by atoms with Crippen LogP contribution in [0.4, 0.5) is 11.4 Å². The highest BCUT2D eigenvalue weighted by Gasteiger charge is 2.26. The fourth-order valence-corrected chi connectivity index (χ4v) is 4.67. The fraction of sp³-hybridized carbons (Fsp3) is 0.0833. The normalized spacial score (nSPS) is 10.7. The van der Waals surface area contributed by atoms with E-state index >= 15 is 0 Å². The number of nitrogens with one attached hydrogen (secondary N) is 1. The molecule has 0 saturated heterocycles. The van der Waals surface area contributed by atoms with Gasteiger partial charge in [-0.25, -0.2) is 8.42 Å². The summed E-state index contributed by atoms with van der Waals surface area (Å²) in [4.78, 5) is 12.7.